The van der Waals surface area contributed by atoms with Crippen LogP contribution in [0.2, 0.25) is 0 Å². The number of aryl methyl sites for hydroxylation is 2. The van der Waals surface area contributed by atoms with Gasteiger partial charge in [0.05, 0.1) is 0 Å². The number of allylic oxidation sites excluding steroid dienone is 2. The van der Waals surface area contributed by atoms with Gasteiger partial charge in [0.15, 0.2) is 0 Å². The topological polar surface area (TPSA) is 57.4 Å². The van der Waals surface area contributed by atoms with Crippen LogP contribution < -0.4 is 2.56 Å². The molecule has 4 nitrogen and oxygen atoms in total. The van der Waals surface area contributed by atoms with Crippen LogP contribution in [0.4, 0.5) is 0 Å². The van der Waals surface area contributed by atoms with E-state index in [1.54, 1.807) is 0 Å². The van der Waals surface area contributed by atoms with E-state index in [2.05, 4.69) is 61.9 Å². The maximum atomic E-state index is 5.08. The van der Waals surface area contributed by atoms with Gasteiger partial charge in [0.1, 0.15) is 0 Å². The molecule has 0 radical (unpaired) electrons. The zero-order valence-corrected chi connectivity index (χ0v) is 29.5. The van der Waals surface area contributed by atoms with Crippen molar-refractivity contribution in [3.63, 3.8) is 0 Å². The third-order valence-electron chi connectivity index (χ3n) is 6.29. The molecular weight excluding hydrogens is 924 g/mol. The van der Waals surface area contributed by atoms with Gasteiger partial charge < -0.3 is 0 Å². The molecule has 0 saturated carbocycles. The van der Waals surface area contributed by atoms with Crippen molar-refractivity contribution in [3.05, 3.63) is 58.2 Å². The van der Waals surface area contributed by atoms with Crippen LogP contribution in [-0.2, 0) is 0 Å². The molecular formula is C24H18N4Pm4. The van der Waals surface area contributed by atoms with E-state index in [1.807, 2.05) is 0 Å². The number of nitrogens with one attached hydrogen (secondary N) is 2. The monoisotopic (exact) mass is 942 g/mol. The van der Waals surface area contributed by atoms with Crippen LogP contribution in [0.1, 0.15) is 47.8 Å². The van der Waals surface area contributed by atoms with Crippen LogP contribution in [-0.4, -0.2) is 19.9 Å². The molecule has 2 aliphatic rings. The van der Waals surface area contributed by atoms with Gasteiger partial charge in [-0.25, -0.2) is 0 Å². The van der Waals surface area contributed by atoms with Crippen molar-refractivity contribution in [3.8, 4) is 0 Å². The quantitative estimate of drug-likeness (QED) is 0.357. The molecule has 0 fully saturated rings. The average Bonchev–Trinajstić information content (AvgIpc) is 3.37. The third kappa shape index (κ3) is 4.56. The number of rotatable bonds is 0. The molecule has 0 aliphatic carbocycles. The molecule has 2 N–H and O–H groups in total. The predicted octanol–water partition coefficient (Wildman–Crippen LogP) is 4.16. The zero-order valence-electron chi connectivity index (χ0n) is 18.0. The van der Waals surface area contributed by atoms with E-state index >= 15 is 0 Å². The van der Waals surface area contributed by atoms with E-state index in [0.717, 1.165) is 33.8 Å². The average molecular weight is 942 g/mol. The van der Waals surface area contributed by atoms with Gasteiger partial charge in [-0.2, -0.15) is 0 Å². The second-order valence-corrected chi connectivity index (χ2v) is 13.9. The second-order valence-electron chi connectivity index (χ2n) is 8.14. The molecule has 3 aromatic rings. The number of nitrogens with zero attached hydrogens (tertiary/aromatic N) is 2. The molecule has 154 valence electrons. The predicted molar refractivity (Wildman–Crippen MR) is 115 cm³/mol. The van der Waals surface area contributed by atoms with Gasteiger partial charge in [-0.1, -0.05) is 0 Å². The number of fused-ring (bicyclic) bond motifs is 8. The summed E-state index contributed by atoms with van der Waals surface area (Å²) in [7, 11) is 0. The Kier molecular flexibility index (Phi) is 8.01. The number of hydrogen-bond acceptors (Lipinski definition) is 2. The van der Waals surface area contributed by atoms with Crippen LogP contribution in [0.25, 0.3) is 35.8 Å². The summed E-state index contributed by atoms with van der Waals surface area (Å²) in [5, 5.41) is 0. The Hall–Kier alpha value is 1.95. The van der Waals surface area contributed by atoms with E-state index in [9.17, 15) is 0 Å². The normalized spacial score (nSPS) is 13.9. The van der Waals surface area contributed by atoms with Crippen molar-refractivity contribution in [2.75, 3.05) is 0 Å². The number of aromatic amines is 2. The Morgan fingerprint density at radius 1 is 0.531 bits per heavy atom. The summed E-state index contributed by atoms with van der Waals surface area (Å²) in [5.41, 5.74) is 14.1. The third-order valence-corrected chi connectivity index (χ3v) is 16.1. The first-order valence-electron chi connectivity index (χ1n) is 10.1. The van der Waals surface area contributed by atoms with Gasteiger partial charge in [0, 0.05) is 0 Å². The Bertz CT molecular complexity index is 1330. The first kappa shape index (κ1) is 25.6. The van der Waals surface area contributed by atoms with E-state index in [-0.39, 0.29) is 0 Å². The Morgan fingerprint density at radius 3 is 1.38 bits per heavy atom. The number of hydrogen-bond donors (Lipinski definition) is 2. The SMILES string of the molecule is CC1=C(C)c2cc3[nH]c(cc4nc(cc5[nH]c(cc1n2)c(C)c5C)[C]([Pm])=[C]4[Pm])[c]([Pm])[c]3[Pm]. The maximum absolute atomic E-state index is 5.08. The Morgan fingerprint density at radius 2 is 0.875 bits per heavy atom. The molecule has 0 spiro atoms. The van der Waals surface area contributed by atoms with E-state index < -0.39 is 0 Å². The van der Waals surface area contributed by atoms with Crippen LogP contribution in [0.3, 0.4) is 0 Å². The molecule has 0 aromatic carbocycles. The standard InChI is InChI=1S/C24H18N4.4Pm/c1-13-15(3)23-12-24-16(4)14(2)22(28-24)11-20-8-6-18(26-20)9-17-5-7-19(25-17)10-21(13)27-23;;;;/h9-12,25,28H,1-4H3;;;;. The van der Waals surface area contributed by atoms with E-state index in [4.69, 9.17) is 9.97 Å². The molecule has 0 amide bonds. The minimum absolute atomic E-state index is 1.04. The van der Waals surface area contributed by atoms with Gasteiger partial charge in [-0.3, -0.25) is 0 Å². The van der Waals surface area contributed by atoms with Crippen molar-refractivity contribution in [1.29, 1.82) is 0 Å². The molecule has 5 heterocycles. The van der Waals surface area contributed by atoms with Crippen LogP contribution in [0.5, 0.6) is 0 Å². The Labute approximate surface area is 290 Å². The summed E-state index contributed by atoms with van der Waals surface area (Å²) in [6.07, 6.45) is 0. The zero-order chi connectivity index (χ0) is 22.9. The summed E-state index contributed by atoms with van der Waals surface area (Å²) < 4.78 is 5.66. The van der Waals surface area contributed by atoms with E-state index in [1.165, 1.54) is 192 Å². The molecule has 32 heavy (non-hydrogen) atoms. The fourth-order valence-electron chi connectivity index (χ4n) is 3.94. The van der Waals surface area contributed by atoms with Gasteiger partial charge >= 0.3 is 298 Å². The van der Waals surface area contributed by atoms with E-state index in [0.29, 0.717) is 0 Å². The van der Waals surface area contributed by atoms with Gasteiger partial charge in [-0.15, -0.1) is 0 Å². The van der Waals surface area contributed by atoms with Crippen LogP contribution in [0, 0.1) is 167 Å². The van der Waals surface area contributed by atoms with Crippen molar-refractivity contribution < 1.29 is 153 Å². The van der Waals surface area contributed by atoms with Crippen molar-refractivity contribution in [2.45, 2.75) is 27.7 Å². The molecule has 8 bridgehead atoms. The second kappa shape index (κ2) is 10.0. The fraction of sp³-hybridized carbons (Fsp3) is 0.167. The number of aromatic nitrogens is 4. The molecule has 5 rings (SSSR count). The van der Waals surface area contributed by atoms with Crippen LogP contribution in [0.15, 0.2) is 24.3 Å². The molecule has 0 unspecified atom stereocenters. The summed E-state index contributed by atoms with van der Waals surface area (Å²) in [6, 6.07) is 8.95. The van der Waals surface area contributed by atoms with Gasteiger partial charge in [0.25, 0.3) is 0 Å². The first-order valence-corrected chi connectivity index (χ1v) is 15.8. The van der Waals surface area contributed by atoms with Crippen LogP contribution >= 0.6 is 0 Å². The Balaban J connectivity index is 1.99. The van der Waals surface area contributed by atoms with Crippen molar-refractivity contribution >= 4 is 38.3 Å². The summed E-state index contributed by atoms with van der Waals surface area (Å²) in [4.78, 5) is 17.5. The minimum atomic E-state index is 1.04. The van der Waals surface area contributed by atoms with Gasteiger partial charge in [-0.05, 0) is 0 Å². The van der Waals surface area contributed by atoms with Crippen molar-refractivity contribution in [2.24, 2.45) is 0 Å². The summed E-state index contributed by atoms with van der Waals surface area (Å²) in [6.45, 7) is 8.74. The fourth-order valence-corrected chi connectivity index (χ4v) is 6.96. The molecule has 3 aromatic heterocycles. The molecule has 0 saturated heterocycles. The summed E-state index contributed by atoms with van der Waals surface area (Å²) >= 11 is 4.99. The molecule has 2 aliphatic heterocycles. The summed E-state index contributed by atoms with van der Waals surface area (Å²) in [5.74, 6) is 0. The first-order chi connectivity index (χ1) is 15.2. The number of H-pyrrole nitrogens is 2. The van der Waals surface area contributed by atoms with Crippen molar-refractivity contribution in [1.82, 2.24) is 19.9 Å². The molecule has 0 atom stereocenters. The molecule has 8 heteroatoms. The van der Waals surface area contributed by atoms with Gasteiger partial charge in [0.2, 0.25) is 0 Å².